The topological polar surface area (TPSA) is 81.0 Å². The van der Waals surface area contributed by atoms with Crippen molar-refractivity contribution in [2.45, 2.75) is 19.3 Å². The lowest BCUT2D eigenvalue weighted by molar-refractivity contribution is -0.116. The van der Waals surface area contributed by atoms with Crippen molar-refractivity contribution in [2.24, 2.45) is 4.99 Å². The summed E-state index contributed by atoms with van der Waals surface area (Å²) in [4.78, 5) is 20.4. The standard InChI is InChI=1S/C28H29N5O2/c29-22-30-28(35-26-11-5-2-6-12-26)33-20-18-32(19-21-33)25-16-14-24(15-17-25)31-27(34)13-7-10-23-8-3-1-4-9-23/h1-6,8-9,11-12,14-17H,7,10,13,18-21H2,(H,31,34). The van der Waals surface area contributed by atoms with Crippen LogP contribution in [0.25, 0.3) is 0 Å². The lowest BCUT2D eigenvalue weighted by Gasteiger charge is -2.36. The van der Waals surface area contributed by atoms with Crippen LogP contribution in [0.1, 0.15) is 18.4 Å². The van der Waals surface area contributed by atoms with E-state index in [1.165, 1.54) is 5.56 Å². The molecule has 7 nitrogen and oxygen atoms in total. The Hall–Kier alpha value is -4.31. The number of aliphatic imine (C=N–C) groups is 1. The number of carbonyl (C=O) groups excluding carboxylic acids is 1. The van der Waals surface area contributed by atoms with Crippen LogP contribution in [0, 0.1) is 11.5 Å². The zero-order chi connectivity index (χ0) is 24.3. The van der Waals surface area contributed by atoms with Crippen molar-refractivity contribution in [3.63, 3.8) is 0 Å². The van der Waals surface area contributed by atoms with Gasteiger partial charge in [0.15, 0.2) is 0 Å². The highest BCUT2D eigenvalue weighted by molar-refractivity contribution is 5.90. The van der Waals surface area contributed by atoms with Crippen LogP contribution in [0.5, 0.6) is 5.75 Å². The van der Waals surface area contributed by atoms with Gasteiger partial charge in [0.2, 0.25) is 12.1 Å². The molecular weight excluding hydrogens is 438 g/mol. The van der Waals surface area contributed by atoms with Gasteiger partial charge in [0.25, 0.3) is 0 Å². The van der Waals surface area contributed by atoms with Gasteiger partial charge in [0, 0.05) is 44.0 Å². The molecule has 0 atom stereocenters. The minimum Gasteiger partial charge on any atom is -0.425 e. The predicted octanol–water partition coefficient (Wildman–Crippen LogP) is 4.69. The number of nitrogens with zero attached hydrogens (tertiary/aromatic N) is 4. The fourth-order valence-corrected chi connectivity index (χ4v) is 4.03. The van der Waals surface area contributed by atoms with E-state index < -0.39 is 0 Å². The number of carbonyl (C=O) groups is 1. The van der Waals surface area contributed by atoms with Gasteiger partial charge < -0.3 is 19.9 Å². The molecule has 35 heavy (non-hydrogen) atoms. The van der Waals surface area contributed by atoms with E-state index in [4.69, 9.17) is 10.00 Å². The van der Waals surface area contributed by atoms with Crippen LogP contribution in [0.4, 0.5) is 11.4 Å². The number of ether oxygens (including phenoxy) is 1. The van der Waals surface area contributed by atoms with Crippen LogP contribution in [-0.2, 0) is 11.2 Å². The number of anilines is 2. The maximum Gasteiger partial charge on any atom is 0.308 e. The number of para-hydroxylation sites is 1. The molecular formula is C28H29N5O2. The summed E-state index contributed by atoms with van der Waals surface area (Å²) >= 11 is 0. The number of amidine groups is 1. The van der Waals surface area contributed by atoms with Crippen LogP contribution in [0.2, 0.25) is 0 Å². The van der Waals surface area contributed by atoms with Gasteiger partial charge in [-0.2, -0.15) is 5.26 Å². The maximum atomic E-state index is 12.3. The average molecular weight is 468 g/mol. The molecule has 0 aromatic heterocycles. The Morgan fingerprint density at radius 3 is 2.23 bits per heavy atom. The van der Waals surface area contributed by atoms with E-state index in [1.54, 1.807) is 0 Å². The summed E-state index contributed by atoms with van der Waals surface area (Å²) in [5.41, 5.74) is 3.15. The fourth-order valence-electron chi connectivity index (χ4n) is 4.03. The summed E-state index contributed by atoms with van der Waals surface area (Å²) in [6, 6.07) is 27.8. The van der Waals surface area contributed by atoms with Crippen molar-refractivity contribution in [2.75, 3.05) is 36.4 Å². The lowest BCUT2D eigenvalue weighted by atomic mass is 10.1. The first kappa shape index (κ1) is 23.8. The van der Waals surface area contributed by atoms with E-state index in [-0.39, 0.29) is 5.91 Å². The molecule has 1 aliphatic heterocycles. The van der Waals surface area contributed by atoms with Gasteiger partial charge in [-0.05, 0) is 54.8 Å². The van der Waals surface area contributed by atoms with Gasteiger partial charge in [0.05, 0.1) is 0 Å². The third kappa shape index (κ3) is 7.08. The first-order valence-corrected chi connectivity index (χ1v) is 11.8. The van der Waals surface area contributed by atoms with E-state index in [0.717, 1.165) is 37.3 Å². The number of piperazine rings is 1. The van der Waals surface area contributed by atoms with Crippen molar-refractivity contribution in [1.29, 1.82) is 5.26 Å². The Morgan fingerprint density at radius 1 is 0.914 bits per heavy atom. The van der Waals surface area contributed by atoms with Gasteiger partial charge in [-0.25, -0.2) is 0 Å². The van der Waals surface area contributed by atoms with Crippen LogP contribution in [-0.4, -0.2) is 43.0 Å². The normalized spacial score (nSPS) is 13.7. The van der Waals surface area contributed by atoms with Crippen molar-refractivity contribution in [3.8, 4) is 11.9 Å². The second-order valence-electron chi connectivity index (χ2n) is 8.32. The molecule has 3 aromatic carbocycles. The zero-order valence-electron chi connectivity index (χ0n) is 19.6. The van der Waals surface area contributed by atoms with E-state index in [2.05, 4.69) is 27.3 Å². The highest BCUT2D eigenvalue weighted by Gasteiger charge is 2.22. The summed E-state index contributed by atoms with van der Waals surface area (Å²) in [5.74, 6) is 0.687. The van der Waals surface area contributed by atoms with Crippen LogP contribution in [0.15, 0.2) is 89.9 Å². The molecule has 0 saturated carbocycles. The number of hydrogen-bond donors (Lipinski definition) is 1. The predicted molar refractivity (Wildman–Crippen MR) is 138 cm³/mol. The molecule has 0 spiro atoms. The molecule has 4 rings (SSSR count). The number of aryl methyl sites for hydroxylation is 1. The number of benzene rings is 3. The van der Waals surface area contributed by atoms with Crippen molar-refractivity contribution < 1.29 is 9.53 Å². The van der Waals surface area contributed by atoms with Crippen molar-refractivity contribution in [3.05, 3.63) is 90.5 Å². The van der Waals surface area contributed by atoms with E-state index in [0.29, 0.717) is 31.3 Å². The van der Waals surface area contributed by atoms with Crippen LogP contribution in [0.3, 0.4) is 0 Å². The van der Waals surface area contributed by atoms with E-state index in [1.807, 2.05) is 83.9 Å². The SMILES string of the molecule is N#CN=C(Oc1ccccc1)N1CCN(c2ccc(NC(=O)CCCc3ccccc3)cc2)CC1. The highest BCUT2D eigenvalue weighted by Crippen LogP contribution is 2.21. The van der Waals surface area contributed by atoms with Crippen molar-refractivity contribution in [1.82, 2.24) is 4.90 Å². The summed E-state index contributed by atoms with van der Waals surface area (Å²) in [6.07, 6.45) is 4.06. The second-order valence-corrected chi connectivity index (χ2v) is 8.32. The summed E-state index contributed by atoms with van der Waals surface area (Å²) in [6.45, 7) is 2.92. The molecule has 1 fully saturated rings. The lowest BCUT2D eigenvalue weighted by Crippen LogP contribution is -2.50. The smallest absolute Gasteiger partial charge is 0.308 e. The Morgan fingerprint density at radius 2 is 1.57 bits per heavy atom. The number of nitriles is 1. The second kappa shape index (κ2) is 12.2. The molecule has 1 heterocycles. The molecule has 1 N–H and O–H groups in total. The van der Waals surface area contributed by atoms with Gasteiger partial charge in [-0.15, -0.1) is 4.99 Å². The Bertz CT molecular complexity index is 1150. The van der Waals surface area contributed by atoms with Gasteiger partial charge in [-0.1, -0.05) is 48.5 Å². The quantitative estimate of drug-likeness (QED) is 0.310. The Balaban J connectivity index is 1.24. The molecule has 0 bridgehead atoms. The van der Waals surface area contributed by atoms with Gasteiger partial charge >= 0.3 is 6.02 Å². The molecule has 1 saturated heterocycles. The van der Waals surface area contributed by atoms with Gasteiger partial charge in [0.1, 0.15) is 5.75 Å². The average Bonchev–Trinajstić information content (AvgIpc) is 2.90. The molecule has 0 radical (unpaired) electrons. The fraction of sp³-hybridized carbons (Fsp3) is 0.250. The highest BCUT2D eigenvalue weighted by atomic mass is 16.5. The first-order valence-electron chi connectivity index (χ1n) is 11.8. The summed E-state index contributed by atoms with van der Waals surface area (Å²) in [7, 11) is 0. The minimum absolute atomic E-state index is 0.0324. The number of nitrogens with one attached hydrogen (secondary N) is 1. The van der Waals surface area contributed by atoms with Crippen LogP contribution < -0.4 is 15.0 Å². The largest absolute Gasteiger partial charge is 0.425 e. The Labute approximate surface area is 206 Å². The maximum absolute atomic E-state index is 12.3. The monoisotopic (exact) mass is 467 g/mol. The molecule has 0 aliphatic carbocycles. The third-order valence-corrected chi connectivity index (χ3v) is 5.88. The van der Waals surface area contributed by atoms with Crippen molar-refractivity contribution >= 4 is 23.3 Å². The van der Waals surface area contributed by atoms with Crippen LogP contribution >= 0.6 is 0 Å². The molecule has 7 heteroatoms. The van der Waals surface area contributed by atoms with E-state index in [9.17, 15) is 4.79 Å². The third-order valence-electron chi connectivity index (χ3n) is 5.88. The number of amides is 1. The zero-order valence-corrected chi connectivity index (χ0v) is 19.6. The molecule has 1 amide bonds. The molecule has 0 unspecified atom stereocenters. The minimum atomic E-state index is 0.0324. The first-order chi connectivity index (χ1) is 17.2. The number of hydrogen-bond acceptors (Lipinski definition) is 5. The molecule has 178 valence electrons. The molecule has 1 aliphatic rings. The number of rotatable bonds is 7. The summed E-state index contributed by atoms with van der Waals surface area (Å²) < 4.78 is 5.84. The van der Waals surface area contributed by atoms with Gasteiger partial charge in [-0.3, -0.25) is 4.79 Å². The van der Waals surface area contributed by atoms with E-state index >= 15 is 0 Å². The molecule has 3 aromatic rings. The summed E-state index contributed by atoms with van der Waals surface area (Å²) in [5, 5.41) is 12.1. The Kier molecular flexibility index (Phi) is 8.33.